The van der Waals surface area contributed by atoms with Gasteiger partial charge in [0.25, 0.3) is 5.91 Å². The molecule has 4 aromatic rings. The van der Waals surface area contributed by atoms with Crippen LogP contribution in [0.3, 0.4) is 0 Å². The molecule has 0 N–H and O–H groups in total. The molecule has 0 aliphatic heterocycles. The number of aromatic nitrogens is 2. The van der Waals surface area contributed by atoms with Crippen LogP contribution in [0.1, 0.15) is 27.5 Å². The minimum Gasteiger partial charge on any atom is -0.459 e. The first-order valence-corrected chi connectivity index (χ1v) is 8.88. The molecular weight excluding hydrogens is 338 g/mol. The number of anilines is 1. The summed E-state index contributed by atoms with van der Waals surface area (Å²) in [5, 5.41) is 5.35. The summed E-state index contributed by atoms with van der Waals surface area (Å²) in [4.78, 5) is 15.1. The van der Waals surface area contributed by atoms with E-state index in [1.165, 1.54) is 0 Å². The van der Waals surface area contributed by atoms with Crippen LogP contribution in [0.4, 0.5) is 5.69 Å². The Bertz CT molecular complexity index is 1090. The van der Waals surface area contributed by atoms with Crippen molar-refractivity contribution >= 4 is 22.6 Å². The van der Waals surface area contributed by atoms with Gasteiger partial charge in [-0.05, 0) is 43.7 Å². The van der Waals surface area contributed by atoms with E-state index in [1.54, 1.807) is 16.6 Å². The zero-order valence-electron chi connectivity index (χ0n) is 15.6. The fourth-order valence-electron chi connectivity index (χ4n) is 3.35. The summed E-state index contributed by atoms with van der Waals surface area (Å²) in [7, 11) is 1.79. The molecule has 0 aliphatic carbocycles. The number of carbonyl (C=O) groups excluding carboxylic acids is 1. The maximum Gasteiger partial charge on any atom is 0.276 e. The van der Waals surface area contributed by atoms with Gasteiger partial charge in [0.05, 0.1) is 12.2 Å². The number of aryl methyl sites for hydroxylation is 3. The van der Waals surface area contributed by atoms with Crippen LogP contribution in [-0.4, -0.2) is 15.7 Å². The van der Waals surface area contributed by atoms with Crippen molar-refractivity contribution < 1.29 is 9.21 Å². The van der Waals surface area contributed by atoms with E-state index in [-0.39, 0.29) is 5.91 Å². The smallest absolute Gasteiger partial charge is 0.276 e. The molecule has 0 unspecified atom stereocenters. The number of hydrogen-bond acceptors (Lipinski definition) is 3. The SMILES string of the molecule is Cc1cc(C(=O)N(Cc2cc3ccccc3o2)c2ccccc2C)n(C)n1. The number of benzene rings is 2. The van der Waals surface area contributed by atoms with Crippen molar-refractivity contribution in [2.75, 3.05) is 4.90 Å². The van der Waals surface area contributed by atoms with Gasteiger partial charge in [0.15, 0.2) is 0 Å². The summed E-state index contributed by atoms with van der Waals surface area (Å²) in [5.74, 6) is 0.638. The lowest BCUT2D eigenvalue weighted by Gasteiger charge is -2.23. The number of hydrogen-bond donors (Lipinski definition) is 0. The molecule has 5 heteroatoms. The molecule has 27 heavy (non-hydrogen) atoms. The molecule has 2 aromatic heterocycles. The van der Waals surface area contributed by atoms with Gasteiger partial charge >= 0.3 is 0 Å². The second kappa shape index (κ2) is 6.76. The third-order valence-electron chi connectivity index (χ3n) is 4.66. The Balaban J connectivity index is 1.77. The first kappa shape index (κ1) is 17.1. The van der Waals surface area contributed by atoms with E-state index in [0.717, 1.165) is 33.7 Å². The van der Waals surface area contributed by atoms with Crippen molar-refractivity contribution in [2.45, 2.75) is 20.4 Å². The van der Waals surface area contributed by atoms with Crippen molar-refractivity contribution in [3.05, 3.63) is 83.4 Å². The number of fused-ring (bicyclic) bond motifs is 1. The van der Waals surface area contributed by atoms with Crippen LogP contribution < -0.4 is 4.90 Å². The van der Waals surface area contributed by atoms with Crippen LogP contribution in [0.2, 0.25) is 0 Å². The number of amides is 1. The van der Waals surface area contributed by atoms with Crippen LogP contribution in [0.5, 0.6) is 0 Å². The van der Waals surface area contributed by atoms with Crippen LogP contribution >= 0.6 is 0 Å². The molecule has 4 rings (SSSR count). The van der Waals surface area contributed by atoms with Gasteiger partial charge in [-0.2, -0.15) is 5.10 Å². The van der Waals surface area contributed by atoms with Crippen LogP contribution in [0.25, 0.3) is 11.0 Å². The number of furan rings is 1. The Morgan fingerprint density at radius 2 is 1.81 bits per heavy atom. The highest BCUT2D eigenvalue weighted by molar-refractivity contribution is 6.05. The molecule has 2 aromatic carbocycles. The second-order valence-corrected chi connectivity index (χ2v) is 6.72. The highest BCUT2D eigenvalue weighted by atomic mass is 16.3. The number of rotatable bonds is 4. The maximum atomic E-state index is 13.4. The van der Waals surface area contributed by atoms with E-state index in [2.05, 4.69) is 5.10 Å². The quantitative estimate of drug-likeness (QED) is 0.534. The van der Waals surface area contributed by atoms with Crippen molar-refractivity contribution in [2.24, 2.45) is 7.05 Å². The Kier molecular flexibility index (Phi) is 4.28. The number of para-hydroxylation sites is 2. The van der Waals surface area contributed by atoms with Crippen molar-refractivity contribution in [1.29, 1.82) is 0 Å². The fourth-order valence-corrected chi connectivity index (χ4v) is 3.35. The van der Waals surface area contributed by atoms with Crippen molar-refractivity contribution in [1.82, 2.24) is 9.78 Å². The van der Waals surface area contributed by atoms with Gasteiger partial charge in [0.1, 0.15) is 17.0 Å². The lowest BCUT2D eigenvalue weighted by molar-refractivity contribution is 0.0974. The average molecular weight is 359 g/mol. The summed E-state index contributed by atoms with van der Waals surface area (Å²) < 4.78 is 7.59. The first-order chi connectivity index (χ1) is 13.0. The predicted molar refractivity (Wildman–Crippen MR) is 106 cm³/mol. The summed E-state index contributed by atoms with van der Waals surface area (Å²) in [6.45, 7) is 4.24. The monoisotopic (exact) mass is 359 g/mol. The highest BCUT2D eigenvalue weighted by Gasteiger charge is 2.24. The van der Waals surface area contributed by atoms with Crippen LogP contribution in [0, 0.1) is 13.8 Å². The third-order valence-corrected chi connectivity index (χ3v) is 4.66. The molecule has 2 heterocycles. The third kappa shape index (κ3) is 3.24. The number of carbonyl (C=O) groups is 1. The minimum absolute atomic E-state index is 0.104. The normalized spacial score (nSPS) is 11.1. The molecule has 0 bridgehead atoms. The summed E-state index contributed by atoms with van der Waals surface area (Å²) in [6, 6.07) is 19.5. The summed E-state index contributed by atoms with van der Waals surface area (Å²) in [5.41, 5.74) is 4.07. The first-order valence-electron chi connectivity index (χ1n) is 8.88. The molecule has 0 saturated heterocycles. The molecule has 0 spiro atoms. The molecule has 1 amide bonds. The Morgan fingerprint density at radius 3 is 2.52 bits per heavy atom. The Morgan fingerprint density at radius 1 is 1.07 bits per heavy atom. The van der Waals surface area contributed by atoms with E-state index >= 15 is 0 Å². The van der Waals surface area contributed by atoms with Crippen LogP contribution in [0.15, 0.2) is 65.1 Å². The zero-order chi connectivity index (χ0) is 19.0. The lowest BCUT2D eigenvalue weighted by atomic mass is 10.1. The molecule has 0 fully saturated rings. The largest absolute Gasteiger partial charge is 0.459 e. The Labute approximate surface area is 157 Å². The van der Waals surface area contributed by atoms with Gasteiger partial charge in [-0.1, -0.05) is 36.4 Å². The topological polar surface area (TPSA) is 51.3 Å². The van der Waals surface area contributed by atoms with Crippen LogP contribution in [-0.2, 0) is 13.6 Å². The number of nitrogens with zero attached hydrogens (tertiary/aromatic N) is 3. The lowest BCUT2D eigenvalue weighted by Crippen LogP contribution is -2.32. The highest BCUT2D eigenvalue weighted by Crippen LogP contribution is 2.26. The fraction of sp³-hybridized carbons (Fsp3) is 0.182. The van der Waals surface area contributed by atoms with Gasteiger partial charge in [0, 0.05) is 18.1 Å². The summed E-state index contributed by atoms with van der Waals surface area (Å²) in [6.07, 6.45) is 0. The standard InChI is InChI=1S/C22H21N3O2/c1-15-8-4-6-10-19(15)25(22(26)20-12-16(2)23-24(20)3)14-18-13-17-9-5-7-11-21(17)27-18/h4-13H,14H2,1-3H3. The van der Waals surface area contributed by atoms with Gasteiger partial charge < -0.3 is 4.42 Å². The van der Waals surface area contributed by atoms with Crippen molar-refractivity contribution in [3.63, 3.8) is 0 Å². The zero-order valence-corrected chi connectivity index (χ0v) is 15.6. The van der Waals surface area contributed by atoms with Crippen molar-refractivity contribution in [3.8, 4) is 0 Å². The Hall–Kier alpha value is -3.34. The molecule has 0 radical (unpaired) electrons. The predicted octanol–water partition coefficient (Wildman–Crippen LogP) is 4.63. The molecule has 0 saturated carbocycles. The molecule has 136 valence electrons. The summed E-state index contributed by atoms with van der Waals surface area (Å²) >= 11 is 0. The molecule has 5 nitrogen and oxygen atoms in total. The molecular formula is C22H21N3O2. The maximum absolute atomic E-state index is 13.4. The van der Waals surface area contributed by atoms with E-state index < -0.39 is 0 Å². The average Bonchev–Trinajstić information content (AvgIpc) is 3.21. The van der Waals surface area contributed by atoms with Gasteiger partial charge in [0.2, 0.25) is 0 Å². The van der Waals surface area contributed by atoms with Gasteiger partial charge in [-0.3, -0.25) is 14.4 Å². The van der Waals surface area contributed by atoms with E-state index in [0.29, 0.717) is 12.2 Å². The van der Waals surface area contributed by atoms with Gasteiger partial charge in [-0.25, -0.2) is 0 Å². The van der Waals surface area contributed by atoms with E-state index in [1.807, 2.05) is 74.5 Å². The van der Waals surface area contributed by atoms with E-state index in [9.17, 15) is 4.79 Å². The second-order valence-electron chi connectivity index (χ2n) is 6.72. The van der Waals surface area contributed by atoms with E-state index in [4.69, 9.17) is 4.42 Å². The minimum atomic E-state index is -0.104. The molecule has 0 aliphatic rings. The van der Waals surface area contributed by atoms with Gasteiger partial charge in [-0.15, -0.1) is 0 Å². The molecule has 0 atom stereocenters.